The highest BCUT2D eigenvalue weighted by atomic mass is 79.9. The monoisotopic (exact) mass is 359 g/mol. The van der Waals surface area contributed by atoms with E-state index in [9.17, 15) is 5.11 Å². The topological polar surface area (TPSA) is 33.1 Å². The molecule has 0 saturated carbocycles. The minimum absolute atomic E-state index is 0.535. The van der Waals surface area contributed by atoms with Crippen molar-refractivity contribution in [2.24, 2.45) is 0 Å². The Bertz CT molecular complexity index is 757. The smallest absolute Gasteiger partial charge is 0.0904 e. The number of benzene rings is 2. The zero-order valence-corrected chi connectivity index (χ0v) is 13.6. The van der Waals surface area contributed by atoms with Gasteiger partial charge in [-0.15, -0.1) is 11.8 Å². The third kappa shape index (κ3) is 3.46. The van der Waals surface area contributed by atoms with E-state index in [1.54, 1.807) is 18.0 Å². The Hall–Kier alpha value is -1.36. The molecule has 0 aliphatic rings. The normalized spacial score (nSPS) is 12.5. The molecule has 0 amide bonds. The second-order valence-corrected chi connectivity index (χ2v) is 6.72. The summed E-state index contributed by atoms with van der Waals surface area (Å²) in [5, 5.41) is 11.5. The Morgan fingerprint density at radius 2 is 1.90 bits per heavy atom. The Balaban J connectivity index is 1.79. The van der Waals surface area contributed by atoms with Gasteiger partial charge in [0.05, 0.1) is 11.6 Å². The molecular formula is C17H14BrNOS. The molecule has 2 aromatic carbocycles. The molecule has 1 heterocycles. The number of aliphatic hydroxyl groups excluding tert-OH is 1. The Kier molecular flexibility index (Phi) is 4.58. The van der Waals surface area contributed by atoms with Gasteiger partial charge in [0.2, 0.25) is 0 Å². The van der Waals surface area contributed by atoms with E-state index >= 15 is 0 Å². The van der Waals surface area contributed by atoms with Crippen molar-refractivity contribution >= 4 is 38.6 Å². The molecule has 0 radical (unpaired) electrons. The van der Waals surface area contributed by atoms with E-state index in [4.69, 9.17) is 0 Å². The summed E-state index contributed by atoms with van der Waals surface area (Å²) in [6, 6.07) is 17.9. The van der Waals surface area contributed by atoms with Crippen LogP contribution in [-0.2, 0) is 0 Å². The van der Waals surface area contributed by atoms with Crippen LogP contribution in [0.1, 0.15) is 11.7 Å². The van der Waals surface area contributed by atoms with E-state index in [2.05, 4.69) is 27.0 Å². The van der Waals surface area contributed by atoms with Gasteiger partial charge in [0, 0.05) is 32.3 Å². The average molecular weight is 360 g/mol. The zero-order valence-electron chi connectivity index (χ0n) is 11.2. The molecule has 1 unspecified atom stereocenters. The van der Waals surface area contributed by atoms with Gasteiger partial charge in [-0.25, -0.2) is 0 Å². The lowest BCUT2D eigenvalue weighted by Crippen LogP contribution is -2.02. The molecule has 0 aliphatic carbocycles. The van der Waals surface area contributed by atoms with Crippen molar-refractivity contribution < 1.29 is 5.11 Å². The van der Waals surface area contributed by atoms with Crippen LogP contribution >= 0.6 is 27.7 Å². The highest BCUT2D eigenvalue weighted by Crippen LogP contribution is 2.29. The van der Waals surface area contributed by atoms with Crippen LogP contribution in [0.15, 0.2) is 70.2 Å². The van der Waals surface area contributed by atoms with Gasteiger partial charge in [0.25, 0.3) is 0 Å². The average Bonchev–Trinajstić information content (AvgIpc) is 2.52. The summed E-state index contributed by atoms with van der Waals surface area (Å²) in [6.07, 6.45) is 1.23. The van der Waals surface area contributed by atoms with Crippen LogP contribution < -0.4 is 0 Å². The van der Waals surface area contributed by atoms with Gasteiger partial charge in [-0.2, -0.15) is 0 Å². The molecular weight excluding hydrogens is 346 g/mol. The predicted octanol–water partition coefficient (Wildman–Crippen LogP) is 4.82. The first-order chi connectivity index (χ1) is 10.2. The minimum atomic E-state index is -0.535. The van der Waals surface area contributed by atoms with Crippen LogP contribution in [0.5, 0.6) is 0 Å². The maximum atomic E-state index is 10.5. The number of hydrogen-bond donors (Lipinski definition) is 1. The molecule has 3 rings (SSSR count). The van der Waals surface area contributed by atoms with Crippen molar-refractivity contribution in [3.63, 3.8) is 0 Å². The van der Waals surface area contributed by atoms with Gasteiger partial charge < -0.3 is 5.11 Å². The molecule has 1 N–H and O–H groups in total. The largest absolute Gasteiger partial charge is 0.387 e. The quantitative estimate of drug-likeness (QED) is 0.677. The van der Waals surface area contributed by atoms with E-state index in [1.807, 2.05) is 48.5 Å². The zero-order chi connectivity index (χ0) is 14.7. The van der Waals surface area contributed by atoms with Crippen molar-refractivity contribution in [1.82, 2.24) is 4.98 Å². The highest BCUT2D eigenvalue weighted by Gasteiger charge is 2.12. The molecule has 21 heavy (non-hydrogen) atoms. The summed E-state index contributed by atoms with van der Waals surface area (Å²) in [5.74, 6) is 0.603. The Morgan fingerprint density at radius 1 is 1.10 bits per heavy atom. The molecule has 3 aromatic rings. The van der Waals surface area contributed by atoms with Gasteiger partial charge >= 0.3 is 0 Å². The molecule has 2 nitrogen and oxygen atoms in total. The lowest BCUT2D eigenvalue weighted by Gasteiger charge is -2.13. The molecule has 1 atom stereocenters. The van der Waals surface area contributed by atoms with E-state index in [0.717, 1.165) is 25.8 Å². The van der Waals surface area contributed by atoms with Crippen LogP contribution in [0.3, 0.4) is 0 Å². The van der Waals surface area contributed by atoms with Crippen LogP contribution in [0, 0.1) is 0 Å². The van der Waals surface area contributed by atoms with Gasteiger partial charge in [-0.3, -0.25) is 4.98 Å². The fourth-order valence-electron chi connectivity index (χ4n) is 2.22. The Morgan fingerprint density at radius 3 is 2.76 bits per heavy atom. The summed E-state index contributed by atoms with van der Waals surface area (Å²) in [6.45, 7) is 0. The van der Waals surface area contributed by atoms with Crippen LogP contribution in [-0.4, -0.2) is 15.8 Å². The molecule has 4 heteroatoms. The van der Waals surface area contributed by atoms with Gasteiger partial charge in [0.1, 0.15) is 0 Å². The first-order valence-corrected chi connectivity index (χ1v) is 8.42. The third-order valence-electron chi connectivity index (χ3n) is 3.23. The third-order valence-corrected chi connectivity index (χ3v) is 4.79. The van der Waals surface area contributed by atoms with Gasteiger partial charge in [-0.05, 0) is 24.3 Å². The maximum absolute atomic E-state index is 10.5. The summed E-state index contributed by atoms with van der Waals surface area (Å²) in [7, 11) is 0. The number of aromatic nitrogens is 1. The molecule has 1 aromatic heterocycles. The lowest BCUT2D eigenvalue weighted by atomic mass is 10.1. The van der Waals surface area contributed by atoms with Crippen LogP contribution in [0.25, 0.3) is 10.9 Å². The molecule has 0 spiro atoms. The predicted molar refractivity (Wildman–Crippen MR) is 91.6 cm³/mol. The van der Waals surface area contributed by atoms with Crippen molar-refractivity contribution in [3.8, 4) is 0 Å². The first-order valence-electron chi connectivity index (χ1n) is 6.64. The van der Waals surface area contributed by atoms with E-state index in [0.29, 0.717) is 5.75 Å². The van der Waals surface area contributed by atoms with Gasteiger partial charge in [0.15, 0.2) is 0 Å². The van der Waals surface area contributed by atoms with Crippen molar-refractivity contribution in [2.75, 3.05) is 5.75 Å². The first kappa shape index (κ1) is 14.6. The number of para-hydroxylation sites is 1. The maximum Gasteiger partial charge on any atom is 0.0904 e. The number of halogens is 1. The van der Waals surface area contributed by atoms with Crippen molar-refractivity contribution in [1.29, 1.82) is 0 Å². The SMILES string of the molecule is OC(CSc1cccc(Br)c1)c1cccc2cccnc12. The molecule has 106 valence electrons. The second-order valence-electron chi connectivity index (χ2n) is 4.71. The summed E-state index contributed by atoms with van der Waals surface area (Å²) >= 11 is 5.10. The lowest BCUT2D eigenvalue weighted by molar-refractivity contribution is 0.205. The minimum Gasteiger partial charge on any atom is -0.387 e. The fourth-order valence-corrected chi connectivity index (χ4v) is 3.68. The van der Waals surface area contributed by atoms with E-state index in [-0.39, 0.29) is 0 Å². The van der Waals surface area contributed by atoms with E-state index in [1.165, 1.54) is 0 Å². The second kappa shape index (κ2) is 6.60. The summed E-state index contributed by atoms with van der Waals surface area (Å²) in [4.78, 5) is 5.53. The number of fused-ring (bicyclic) bond motifs is 1. The number of nitrogens with zero attached hydrogens (tertiary/aromatic N) is 1. The van der Waals surface area contributed by atoms with Crippen molar-refractivity contribution in [2.45, 2.75) is 11.0 Å². The van der Waals surface area contributed by atoms with E-state index < -0.39 is 6.10 Å². The van der Waals surface area contributed by atoms with Crippen LogP contribution in [0.2, 0.25) is 0 Å². The van der Waals surface area contributed by atoms with Gasteiger partial charge in [-0.1, -0.05) is 46.3 Å². The fraction of sp³-hybridized carbons (Fsp3) is 0.118. The standard InChI is InChI=1S/C17H14BrNOS/c18-13-6-2-7-14(10-13)21-11-16(20)15-8-1-4-12-5-3-9-19-17(12)15/h1-10,16,20H,11H2. The summed E-state index contributed by atoms with van der Waals surface area (Å²) in [5.41, 5.74) is 1.76. The number of pyridine rings is 1. The van der Waals surface area contributed by atoms with Crippen molar-refractivity contribution in [3.05, 3.63) is 70.8 Å². The number of rotatable bonds is 4. The Labute approximate surface area is 136 Å². The molecule has 0 saturated heterocycles. The molecule has 0 aliphatic heterocycles. The number of hydrogen-bond acceptors (Lipinski definition) is 3. The highest BCUT2D eigenvalue weighted by molar-refractivity contribution is 9.10. The number of thioether (sulfide) groups is 1. The summed E-state index contributed by atoms with van der Waals surface area (Å²) < 4.78 is 1.05. The molecule has 0 fully saturated rings. The molecule has 0 bridgehead atoms. The van der Waals surface area contributed by atoms with Crippen LogP contribution in [0.4, 0.5) is 0 Å². The number of aliphatic hydroxyl groups is 1.